The van der Waals surface area contributed by atoms with Gasteiger partial charge in [0, 0.05) is 5.56 Å². The number of thiazole rings is 1. The summed E-state index contributed by atoms with van der Waals surface area (Å²) >= 11 is 6.33. The van der Waals surface area contributed by atoms with Crippen LogP contribution in [0, 0.1) is 4.77 Å². The Morgan fingerprint density at radius 2 is 2.12 bits per heavy atom. The number of hydrogen-bond donors (Lipinski definition) is 3. The second kappa shape index (κ2) is 6.36. The van der Waals surface area contributed by atoms with Gasteiger partial charge in [0.15, 0.2) is 9.90 Å². The van der Waals surface area contributed by atoms with Crippen LogP contribution in [0.1, 0.15) is 10.4 Å². The topological polar surface area (TPSA) is 99.9 Å². The molecule has 2 aromatic heterocycles. The summed E-state index contributed by atoms with van der Waals surface area (Å²) in [7, 11) is 1.58. The number of nitrogens with one attached hydrogen (secondary N) is 3. The van der Waals surface area contributed by atoms with E-state index in [-0.39, 0.29) is 16.2 Å². The van der Waals surface area contributed by atoms with Crippen molar-refractivity contribution in [2.75, 3.05) is 12.4 Å². The molecule has 0 saturated carbocycles. The van der Waals surface area contributed by atoms with E-state index < -0.39 is 0 Å². The van der Waals surface area contributed by atoms with Crippen LogP contribution >= 0.6 is 23.6 Å². The van der Waals surface area contributed by atoms with Gasteiger partial charge in [-0.25, -0.2) is 4.98 Å². The quantitative estimate of drug-likeness (QED) is 0.470. The third-order valence-electron chi connectivity index (χ3n) is 3.82. The first-order valence-corrected chi connectivity index (χ1v) is 8.79. The zero-order valence-corrected chi connectivity index (χ0v) is 15.1. The predicted molar refractivity (Wildman–Crippen MR) is 104 cm³/mol. The molecule has 130 valence electrons. The first-order valence-electron chi connectivity index (χ1n) is 7.56. The molecule has 26 heavy (non-hydrogen) atoms. The molecule has 9 heteroatoms. The highest BCUT2D eigenvalue weighted by atomic mass is 32.1. The van der Waals surface area contributed by atoms with Crippen molar-refractivity contribution < 1.29 is 9.53 Å². The lowest BCUT2D eigenvalue weighted by molar-refractivity contribution is 0.102. The predicted octanol–water partition coefficient (Wildman–Crippen LogP) is 3.46. The lowest BCUT2D eigenvalue weighted by Crippen LogP contribution is -2.13. The van der Waals surface area contributed by atoms with Gasteiger partial charge in [0.25, 0.3) is 11.5 Å². The van der Waals surface area contributed by atoms with E-state index in [2.05, 4.69) is 20.3 Å². The molecular formula is C17H12N4O3S2. The average Bonchev–Trinajstić information content (AvgIpc) is 3.03. The third-order valence-corrected chi connectivity index (χ3v) is 4.96. The Kier molecular flexibility index (Phi) is 4.02. The number of aromatic nitrogens is 3. The van der Waals surface area contributed by atoms with Crippen molar-refractivity contribution in [3.05, 3.63) is 57.1 Å². The van der Waals surface area contributed by atoms with Crippen LogP contribution < -0.4 is 15.6 Å². The Balaban J connectivity index is 1.69. The van der Waals surface area contributed by atoms with E-state index in [0.29, 0.717) is 32.9 Å². The largest absolute Gasteiger partial charge is 0.494 e. The molecule has 0 radical (unpaired) electrons. The molecule has 3 N–H and O–H groups in total. The molecule has 0 aliphatic heterocycles. The van der Waals surface area contributed by atoms with Gasteiger partial charge < -0.3 is 9.72 Å². The second-order valence-electron chi connectivity index (χ2n) is 5.45. The number of fused-ring (bicyclic) bond motifs is 2. The van der Waals surface area contributed by atoms with E-state index in [4.69, 9.17) is 17.0 Å². The third kappa shape index (κ3) is 2.87. The highest BCUT2D eigenvalue weighted by Crippen LogP contribution is 2.32. The molecule has 0 aliphatic rings. The van der Waals surface area contributed by atoms with Crippen LogP contribution in [0.4, 0.5) is 5.13 Å². The van der Waals surface area contributed by atoms with E-state index in [1.165, 1.54) is 11.3 Å². The molecule has 0 unspecified atom stereocenters. The first-order chi connectivity index (χ1) is 12.5. The number of H-pyrrole nitrogens is 2. The molecule has 7 nitrogen and oxygen atoms in total. The normalized spacial score (nSPS) is 11.0. The molecule has 0 aliphatic carbocycles. The van der Waals surface area contributed by atoms with Gasteiger partial charge in [0.05, 0.1) is 22.7 Å². The fourth-order valence-electron chi connectivity index (χ4n) is 2.62. The van der Waals surface area contributed by atoms with Gasteiger partial charge in [0.1, 0.15) is 11.3 Å². The number of carbonyl (C=O) groups is 1. The summed E-state index contributed by atoms with van der Waals surface area (Å²) in [5.41, 5.74) is 1.29. The number of ether oxygens (including phenoxy) is 1. The van der Waals surface area contributed by atoms with Gasteiger partial charge in [0.2, 0.25) is 0 Å². The summed E-state index contributed by atoms with van der Waals surface area (Å²) in [5, 5.41) is 3.68. The Bertz CT molecular complexity index is 1270. The van der Waals surface area contributed by atoms with Crippen LogP contribution in [-0.4, -0.2) is 28.0 Å². The van der Waals surface area contributed by atoms with Crippen molar-refractivity contribution >= 4 is 55.7 Å². The van der Waals surface area contributed by atoms with Crippen LogP contribution in [0.5, 0.6) is 5.75 Å². The van der Waals surface area contributed by atoms with Gasteiger partial charge in [-0.05, 0) is 42.5 Å². The van der Waals surface area contributed by atoms with Gasteiger partial charge in [-0.15, -0.1) is 0 Å². The zero-order valence-electron chi connectivity index (χ0n) is 13.5. The number of hydrogen-bond acceptors (Lipinski definition) is 6. The molecule has 4 rings (SSSR count). The fraction of sp³-hybridized carbons (Fsp3) is 0.0588. The molecule has 0 fully saturated rings. The van der Waals surface area contributed by atoms with Gasteiger partial charge in [-0.1, -0.05) is 17.4 Å². The number of nitrogens with zero attached hydrogens (tertiary/aromatic N) is 1. The molecule has 0 spiro atoms. The summed E-state index contributed by atoms with van der Waals surface area (Å²) < 4.78 is 6.40. The number of rotatable bonds is 3. The number of benzene rings is 2. The Morgan fingerprint density at radius 1 is 1.27 bits per heavy atom. The maximum absolute atomic E-state index is 12.6. The minimum atomic E-state index is -0.329. The first kappa shape index (κ1) is 16.4. The molecule has 0 bridgehead atoms. The molecule has 4 aromatic rings. The fourth-order valence-corrected chi connectivity index (χ4v) is 3.70. The minimum Gasteiger partial charge on any atom is -0.494 e. The van der Waals surface area contributed by atoms with Crippen LogP contribution in [0.25, 0.3) is 21.1 Å². The molecule has 0 saturated heterocycles. The van der Waals surface area contributed by atoms with Crippen molar-refractivity contribution in [3.8, 4) is 5.75 Å². The molecule has 1 amide bonds. The summed E-state index contributed by atoms with van der Waals surface area (Å²) in [6.45, 7) is 0. The Morgan fingerprint density at radius 3 is 2.92 bits per heavy atom. The second-order valence-corrected chi connectivity index (χ2v) is 6.89. The number of methoxy groups -OCH3 is 1. The van der Waals surface area contributed by atoms with Crippen molar-refractivity contribution in [2.45, 2.75) is 0 Å². The van der Waals surface area contributed by atoms with Crippen molar-refractivity contribution in [2.24, 2.45) is 0 Å². The minimum absolute atomic E-state index is 0.207. The maximum atomic E-state index is 12.6. The summed E-state index contributed by atoms with van der Waals surface area (Å²) in [5.74, 6) is 0.321. The number of para-hydroxylation sites is 1. The highest BCUT2D eigenvalue weighted by molar-refractivity contribution is 7.71. The zero-order chi connectivity index (χ0) is 18.3. The van der Waals surface area contributed by atoms with E-state index >= 15 is 0 Å². The van der Waals surface area contributed by atoms with E-state index in [0.717, 1.165) is 4.70 Å². The molecule has 0 atom stereocenters. The van der Waals surface area contributed by atoms with Crippen molar-refractivity contribution in [1.82, 2.24) is 15.0 Å². The highest BCUT2D eigenvalue weighted by Gasteiger charge is 2.13. The van der Waals surface area contributed by atoms with Crippen molar-refractivity contribution in [3.63, 3.8) is 0 Å². The number of anilines is 1. The van der Waals surface area contributed by atoms with Crippen LogP contribution in [0.2, 0.25) is 0 Å². The summed E-state index contributed by atoms with van der Waals surface area (Å²) in [4.78, 5) is 34.2. The summed E-state index contributed by atoms with van der Waals surface area (Å²) in [6, 6.07) is 10.3. The number of aromatic amines is 2. The Hall–Kier alpha value is -3.04. The van der Waals surface area contributed by atoms with Crippen LogP contribution in [0.15, 0.2) is 41.2 Å². The number of amides is 1. The van der Waals surface area contributed by atoms with Gasteiger partial charge >= 0.3 is 0 Å². The molecule has 2 heterocycles. The number of carbonyl (C=O) groups excluding carboxylic acids is 1. The monoisotopic (exact) mass is 384 g/mol. The SMILES string of the molecule is COc1cccc2sc(NC(=O)c3ccc4c(=O)[nH]c(=S)[nH]c4c3)nc12. The van der Waals surface area contributed by atoms with Crippen molar-refractivity contribution in [1.29, 1.82) is 0 Å². The standard InChI is InChI=1S/C17H12N4O3S2/c1-24-11-3-2-4-12-13(11)19-17(26-12)21-14(22)8-5-6-9-10(7-8)18-16(25)20-15(9)23/h2-7H,1H3,(H,19,21,22)(H2,18,20,23,25). The molecular weight excluding hydrogens is 372 g/mol. The van der Waals surface area contributed by atoms with Crippen LogP contribution in [-0.2, 0) is 0 Å². The van der Waals surface area contributed by atoms with Gasteiger partial charge in [-0.2, -0.15) is 0 Å². The van der Waals surface area contributed by atoms with E-state index in [1.807, 2.05) is 18.2 Å². The molecule has 2 aromatic carbocycles. The lowest BCUT2D eigenvalue weighted by atomic mass is 10.1. The van der Waals surface area contributed by atoms with Crippen LogP contribution in [0.3, 0.4) is 0 Å². The van der Waals surface area contributed by atoms with Gasteiger partial charge in [-0.3, -0.25) is 19.9 Å². The summed E-state index contributed by atoms with van der Waals surface area (Å²) in [6.07, 6.45) is 0. The maximum Gasteiger partial charge on any atom is 0.259 e. The lowest BCUT2D eigenvalue weighted by Gasteiger charge is -2.03. The van der Waals surface area contributed by atoms with E-state index in [9.17, 15) is 9.59 Å². The van der Waals surface area contributed by atoms with E-state index in [1.54, 1.807) is 25.3 Å². The average molecular weight is 384 g/mol. The Labute approximate surface area is 155 Å². The smallest absolute Gasteiger partial charge is 0.259 e.